The van der Waals surface area contributed by atoms with Crippen LogP contribution in [0.3, 0.4) is 0 Å². The van der Waals surface area contributed by atoms with Gasteiger partial charge in [-0.1, -0.05) is 17.7 Å². The van der Waals surface area contributed by atoms with Crippen LogP contribution >= 0.6 is 11.6 Å². The number of carbonyl (C=O) groups excluding carboxylic acids is 2. The molecule has 1 aliphatic rings. The molecule has 1 aromatic rings. The first-order valence-corrected chi connectivity index (χ1v) is 10.2. The number of esters is 1. The first-order valence-electron chi connectivity index (χ1n) is 9.81. The smallest absolute Gasteiger partial charge is 0.410 e. The minimum Gasteiger partial charge on any atom is -0.465 e. The lowest BCUT2D eigenvalue weighted by atomic mass is 9.99. The van der Waals surface area contributed by atoms with E-state index in [0.29, 0.717) is 30.2 Å². The standard InChI is InChI=1S/C22H31ClN2O4/c1-7-10-25(19-14-16(23)13-18(15(19)2)20(26)28-6)17-8-11-24(12-9-17)21(27)29-22(3,4)5/h7,13-14,17H,1,8-12H2,2-6H3. The number of anilines is 1. The molecule has 0 aromatic heterocycles. The lowest BCUT2D eigenvalue weighted by Gasteiger charge is -2.40. The minimum absolute atomic E-state index is 0.189. The third kappa shape index (κ3) is 5.89. The van der Waals surface area contributed by atoms with E-state index in [1.54, 1.807) is 11.0 Å². The average molecular weight is 423 g/mol. The van der Waals surface area contributed by atoms with Crippen LogP contribution in [0.4, 0.5) is 10.5 Å². The van der Waals surface area contributed by atoms with E-state index in [2.05, 4.69) is 11.5 Å². The van der Waals surface area contributed by atoms with Gasteiger partial charge in [-0.2, -0.15) is 0 Å². The molecule has 1 amide bonds. The van der Waals surface area contributed by atoms with Crippen LogP contribution in [0, 0.1) is 6.92 Å². The van der Waals surface area contributed by atoms with E-state index in [9.17, 15) is 9.59 Å². The summed E-state index contributed by atoms with van der Waals surface area (Å²) in [6, 6.07) is 3.69. The normalized spacial score (nSPS) is 15.0. The van der Waals surface area contributed by atoms with Gasteiger partial charge in [-0.15, -0.1) is 6.58 Å². The summed E-state index contributed by atoms with van der Waals surface area (Å²) in [5, 5.41) is 0.478. The van der Waals surface area contributed by atoms with E-state index in [1.807, 2.05) is 39.8 Å². The topological polar surface area (TPSA) is 59.1 Å². The Bertz CT molecular complexity index is 765. The van der Waals surface area contributed by atoms with Crippen LogP contribution in [0.15, 0.2) is 24.8 Å². The molecule has 2 rings (SSSR count). The first-order chi connectivity index (χ1) is 13.6. The lowest BCUT2D eigenvalue weighted by Crippen LogP contribution is -2.48. The Hall–Kier alpha value is -2.21. The Labute approximate surface area is 178 Å². The number of methoxy groups -OCH3 is 1. The van der Waals surface area contributed by atoms with Crippen LogP contribution in [0.1, 0.15) is 49.5 Å². The van der Waals surface area contributed by atoms with Crippen LogP contribution in [0.25, 0.3) is 0 Å². The van der Waals surface area contributed by atoms with Crippen LogP contribution in [-0.2, 0) is 9.47 Å². The second kappa shape index (κ2) is 9.53. The summed E-state index contributed by atoms with van der Waals surface area (Å²) in [5.74, 6) is -0.412. The average Bonchev–Trinajstić information content (AvgIpc) is 2.66. The molecule has 160 valence electrons. The van der Waals surface area contributed by atoms with Gasteiger partial charge in [0.15, 0.2) is 0 Å². The Kier molecular flexibility index (Phi) is 7.58. The molecular formula is C22H31ClN2O4. The molecular weight excluding hydrogens is 392 g/mol. The number of ether oxygens (including phenoxy) is 2. The highest BCUT2D eigenvalue weighted by Gasteiger charge is 2.30. The zero-order chi connectivity index (χ0) is 21.8. The van der Waals surface area contributed by atoms with Gasteiger partial charge >= 0.3 is 12.1 Å². The van der Waals surface area contributed by atoms with Crippen molar-refractivity contribution in [2.24, 2.45) is 0 Å². The molecule has 1 aromatic carbocycles. The number of benzene rings is 1. The van der Waals surface area contributed by atoms with Crippen molar-refractivity contribution in [3.05, 3.63) is 40.9 Å². The zero-order valence-electron chi connectivity index (χ0n) is 18.0. The summed E-state index contributed by atoms with van der Waals surface area (Å²) in [6.07, 6.45) is 3.12. The molecule has 0 unspecified atom stereocenters. The van der Waals surface area contributed by atoms with Crippen molar-refractivity contribution < 1.29 is 19.1 Å². The van der Waals surface area contributed by atoms with Crippen molar-refractivity contribution in [3.8, 4) is 0 Å². The molecule has 0 spiro atoms. The molecule has 6 nitrogen and oxygen atoms in total. The molecule has 0 bridgehead atoms. The second-order valence-electron chi connectivity index (χ2n) is 8.23. The van der Waals surface area contributed by atoms with Gasteiger partial charge in [0.05, 0.1) is 12.7 Å². The van der Waals surface area contributed by atoms with Gasteiger partial charge in [0, 0.05) is 36.4 Å². The van der Waals surface area contributed by atoms with Crippen molar-refractivity contribution in [1.29, 1.82) is 0 Å². The van der Waals surface area contributed by atoms with Gasteiger partial charge in [-0.25, -0.2) is 9.59 Å². The number of likely N-dealkylation sites (tertiary alicyclic amines) is 1. The van der Waals surface area contributed by atoms with Crippen LogP contribution in [0.5, 0.6) is 0 Å². The Morgan fingerprint density at radius 1 is 1.31 bits per heavy atom. The highest BCUT2D eigenvalue weighted by Crippen LogP contribution is 2.32. The van der Waals surface area contributed by atoms with Crippen molar-refractivity contribution in [2.45, 2.75) is 52.2 Å². The number of rotatable bonds is 5. The number of hydrogen-bond donors (Lipinski definition) is 0. The van der Waals surface area contributed by atoms with E-state index < -0.39 is 11.6 Å². The van der Waals surface area contributed by atoms with Gasteiger partial charge in [-0.05, 0) is 58.2 Å². The summed E-state index contributed by atoms with van der Waals surface area (Å²) >= 11 is 6.30. The third-order valence-electron chi connectivity index (χ3n) is 4.94. The van der Waals surface area contributed by atoms with Crippen LogP contribution < -0.4 is 4.90 Å². The maximum absolute atomic E-state index is 12.3. The van der Waals surface area contributed by atoms with E-state index in [4.69, 9.17) is 21.1 Å². The minimum atomic E-state index is -0.509. The van der Waals surface area contributed by atoms with Crippen molar-refractivity contribution >= 4 is 29.4 Å². The molecule has 0 radical (unpaired) electrons. The van der Waals surface area contributed by atoms with E-state index >= 15 is 0 Å². The molecule has 0 saturated carbocycles. The fourth-order valence-electron chi connectivity index (χ4n) is 3.55. The Morgan fingerprint density at radius 2 is 1.93 bits per heavy atom. The molecule has 0 atom stereocenters. The number of carbonyl (C=O) groups is 2. The quantitative estimate of drug-likeness (QED) is 0.502. The Balaban J connectivity index is 2.22. The predicted molar refractivity (Wildman–Crippen MR) is 116 cm³/mol. The first kappa shape index (κ1) is 23.1. The highest BCUT2D eigenvalue weighted by atomic mass is 35.5. The lowest BCUT2D eigenvalue weighted by molar-refractivity contribution is 0.0204. The number of amides is 1. The fraction of sp³-hybridized carbons (Fsp3) is 0.545. The monoisotopic (exact) mass is 422 g/mol. The van der Waals surface area contributed by atoms with Crippen LogP contribution in [0.2, 0.25) is 5.02 Å². The fourth-order valence-corrected chi connectivity index (χ4v) is 3.77. The SMILES string of the molecule is C=CCN(c1cc(Cl)cc(C(=O)OC)c1C)C1CCN(C(=O)OC(C)(C)C)CC1. The number of piperidine rings is 1. The second-order valence-corrected chi connectivity index (χ2v) is 8.67. The zero-order valence-corrected chi connectivity index (χ0v) is 18.7. The van der Waals surface area contributed by atoms with Gasteiger partial charge in [0.25, 0.3) is 0 Å². The highest BCUT2D eigenvalue weighted by molar-refractivity contribution is 6.31. The summed E-state index contributed by atoms with van der Waals surface area (Å²) in [5.41, 5.74) is 1.65. The molecule has 1 aliphatic heterocycles. The van der Waals surface area contributed by atoms with Gasteiger partial charge in [0.1, 0.15) is 5.60 Å². The van der Waals surface area contributed by atoms with Gasteiger partial charge in [-0.3, -0.25) is 0 Å². The van der Waals surface area contributed by atoms with Crippen LogP contribution in [-0.4, -0.2) is 55.3 Å². The molecule has 0 N–H and O–H groups in total. The third-order valence-corrected chi connectivity index (χ3v) is 5.16. The molecule has 7 heteroatoms. The summed E-state index contributed by atoms with van der Waals surface area (Å²) in [7, 11) is 1.36. The molecule has 29 heavy (non-hydrogen) atoms. The number of halogens is 1. The summed E-state index contributed by atoms with van der Waals surface area (Å²) < 4.78 is 10.4. The summed E-state index contributed by atoms with van der Waals surface area (Å²) in [4.78, 5) is 28.4. The molecule has 1 heterocycles. The van der Waals surface area contributed by atoms with E-state index in [1.165, 1.54) is 7.11 Å². The van der Waals surface area contributed by atoms with E-state index in [0.717, 1.165) is 24.1 Å². The number of hydrogen-bond acceptors (Lipinski definition) is 5. The number of nitrogens with zero attached hydrogens (tertiary/aromatic N) is 2. The Morgan fingerprint density at radius 3 is 2.45 bits per heavy atom. The van der Waals surface area contributed by atoms with Crippen molar-refractivity contribution in [2.75, 3.05) is 31.6 Å². The predicted octanol–water partition coefficient (Wildman–Crippen LogP) is 4.83. The summed E-state index contributed by atoms with van der Waals surface area (Å²) in [6.45, 7) is 13.2. The van der Waals surface area contributed by atoms with E-state index in [-0.39, 0.29) is 12.1 Å². The maximum Gasteiger partial charge on any atom is 0.410 e. The van der Waals surface area contributed by atoms with Crippen molar-refractivity contribution in [3.63, 3.8) is 0 Å². The molecule has 1 fully saturated rings. The molecule has 0 aliphatic carbocycles. The molecule has 1 saturated heterocycles. The largest absolute Gasteiger partial charge is 0.465 e. The van der Waals surface area contributed by atoms with Crippen molar-refractivity contribution in [1.82, 2.24) is 4.90 Å². The maximum atomic E-state index is 12.3. The van der Waals surface area contributed by atoms with Gasteiger partial charge < -0.3 is 19.3 Å². The van der Waals surface area contributed by atoms with Gasteiger partial charge in [0.2, 0.25) is 0 Å².